The molecule has 5 nitrogen and oxygen atoms in total. The van der Waals surface area contributed by atoms with Gasteiger partial charge in [-0.2, -0.15) is 0 Å². The number of hydrogen-bond acceptors (Lipinski definition) is 5. The van der Waals surface area contributed by atoms with Gasteiger partial charge in [0, 0.05) is 37.4 Å². The maximum Gasteiger partial charge on any atom is 0.244 e. The number of pyridine rings is 1. The summed E-state index contributed by atoms with van der Waals surface area (Å²) in [5.74, 6) is -1.04. The van der Waals surface area contributed by atoms with Gasteiger partial charge in [0.25, 0.3) is 0 Å². The van der Waals surface area contributed by atoms with Gasteiger partial charge in [0.05, 0.1) is 3.79 Å². The van der Waals surface area contributed by atoms with Crippen LogP contribution in [0, 0.1) is 0 Å². The molecule has 0 aliphatic heterocycles. The standard InChI is InChI=1S/C15H16BrN3O2S/c1-3-20-15(21-4-2,11-6-5-7-17-8-11)13-14-19(10-18-13)9-12(16)22-14/h5-10H,3-4H2,1-2H3. The first-order chi connectivity index (χ1) is 10.7. The number of fused-ring (bicyclic) bond motifs is 1. The van der Waals surface area contributed by atoms with E-state index in [1.807, 2.05) is 36.6 Å². The van der Waals surface area contributed by atoms with E-state index >= 15 is 0 Å². The summed E-state index contributed by atoms with van der Waals surface area (Å²) in [5, 5.41) is 0. The molecule has 0 unspecified atom stereocenters. The van der Waals surface area contributed by atoms with Crippen LogP contribution in [0.15, 0.2) is 40.8 Å². The third kappa shape index (κ3) is 2.58. The molecule has 0 aliphatic carbocycles. The van der Waals surface area contributed by atoms with Crippen molar-refractivity contribution in [3.05, 3.63) is 52.1 Å². The smallest absolute Gasteiger partial charge is 0.244 e. The van der Waals surface area contributed by atoms with E-state index in [9.17, 15) is 0 Å². The van der Waals surface area contributed by atoms with Gasteiger partial charge in [-0.25, -0.2) is 4.98 Å². The van der Waals surface area contributed by atoms with E-state index in [1.165, 1.54) is 0 Å². The zero-order chi connectivity index (χ0) is 15.6. The van der Waals surface area contributed by atoms with Gasteiger partial charge in [-0.1, -0.05) is 6.07 Å². The Kier molecular flexibility index (Phi) is 4.58. The minimum atomic E-state index is -1.04. The lowest BCUT2D eigenvalue weighted by molar-refractivity contribution is -0.214. The second-order valence-electron chi connectivity index (χ2n) is 4.57. The fourth-order valence-corrected chi connectivity index (χ4v) is 3.96. The highest BCUT2D eigenvalue weighted by atomic mass is 79.9. The highest BCUT2D eigenvalue weighted by Crippen LogP contribution is 2.39. The van der Waals surface area contributed by atoms with E-state index in [0.29, 0.717) is 13.2 Å². The van der Waals surface area contributed by atoms with Crippen LogP contribution < -0.4 is 0 Å². The molecule has 0 amide bonds. The fourth-order valence-electron chi connectivity index (χ4n) is 2.44. The molecule has 0 N–H and O–H groups in total. The largest absolute Gasteiger partial charge is 0.341 e. The van der Waals surface area contributed by atoms with Gasteiger partial charge >= 0.3 is 0 Å². The Morgan fingerprint density at radius 1 is 1.32 bits per heavy atom. The number of aromatic nitrogens is 3. The molecule has 116 valence electrons. The summed E-state index contributed by atoms with van der Waals surface area (Å²) in [7, 11) is 0. The van der Waals surface area contributed by atoms with E-state index < -0.39 is 5.79 Å². The number of ether oxygens (including phenoxy) is 2. The molecular weight excluding hydrogens is 366 g/mol. The Labute approximate surface area is 141 Å². The first-order valence-electron chi connectivity index (χ1n) is 7.02. The summed E-state index contributed by atoms with van der Waals surface area (Å²) in [6, 6.07) is 3.83. The number of hydrogen-bond donors (Lipinski definition) is 0. The third-order valence-corrected chi connectivity index (χ3v) is 4.82. The summed E-state index contributed by atoms with van der Waals surface area (Å²) < 4.78 is 15.1. The maximum absolute atomic E-state index is 6.07. The first kappa shape index (κ1) is 15.6. The van der Waals surface area contributed by atoms with Crippen LogP contribution in [-0.2, 0) is 15.3 Å². The Bertz CT molecular complexity index is 751. The molecule has 7 heteroatoms. The minimum absolute atomic E-state index is 0.500. The van der Waals surface area contributed by atoms with Crippen molar-refractivity contribution in [1.82, 2.24) is 14.4 Å². The third-order valence-electron chi connectivity index (χ3n) is 3.23. The molecule has 0 saturated carbocycles. The number of halogens is 1. The quantitative estimate of drug-likeness (QED) is 0.608. The molecular formula is C15H16BrN3O2S. The van der Waals surface area contributed by atoms with E-state index in [0.717, 1.165) is 19.9 Å². The van der Waals surface area contributed by atoms with E-state index in [1.54, 1.807) is 30.1 Å². The average molecular weight is 382 g/mol. The normalized spacial score (nSPS) is 12.1. The predicted octanol–water partition coefficient (Wildman–Crippen LogP) is 3.83. The molecule has 0 aliphatic rings. The number of imidazole rings is 1. The highest BCUT2D eigenvalue weighted by molar-refractivity contribution is 9.11. The van der Waals surface area contributed by atoms with Gasteiger partial charge in [0.2, 0.25) is 5.79 Å². The maximum atomic E-state index is 6.07. The van der Waals surface area contributed by atoms with E-state index in [2.05, 4.69) is 25.9 Å². The van der Waals surface area contributed by atoms with Crippen LogP contribution in [0.3, 0.4) is 0 Å². The van der Waals surface area contributed by atoms with Gasteiger partial charge < -0.3 is 9.47 Å². The Morgan fingerprint density at radius 2 is 2.09 bits per heavy atom. The van der Waals surface area contributed by atoms with Crippen LogP contribution in [0.25, 0.3) is 4.83 Å². The molecule has 0 radical (unpaired) electrons. The van der Waals surface area contributed by atoms with Crippen LogP contribution in [0.4, 0.5) is 0 Å². The van der Waals surface area contributed by atoms with Gasteiger partial charge in [0.15, 0.2) is 0 Å². The Balaban J connectivity index is 2.23. The minimum Gasteiger partial charge on any atom is -0.341 e. The average Bonchev–Trinajstić information content (AvgIpc) is 3.07. The molecule has 3 aromatic rings. The van der Waals surface area contributed by atoms with Crippen LogP contribution in [0.5, 0.6) is 0 Å². The van der Waals surface area contributed by atoms with Crippen molar-refractivity contribution in [3.8, 4) is 0 Å². The van der Waals surface area contributed by atoms with Crippen molar-refractivity contribution < 1.29 is 9.47 Å². The lowest BCUT2D eigenvalue weighted by atomic mass is 10.0. The molecule has 3 heterocycles. The van der Waals surface area contributed by atoms with Crippen molar-refractivity contribution in [3.63, 3.8) is 0 Å². The molecule has 3 rings (SSSR count). The highest BCUT2D eigenvalue weighted by Gasteiger charge is 2.41. The summed E-state index contributed by atoms with van der Waals surface area (Å²) in [6.07, 6.45) is 7.24. The van der Waals surface area contributed by atoms with Crippen LogP contribution in [0.1, 0.15) is 25.1 Å². The topological polar surface area (TPSA) is 48.7 Å². The molecule has 0 saturated heterocycles. The van der Waals surface area contributed by atoms with Crippen molar-refractivity contribution in [2.75, 3.05) is 13.2 Å². The molecule has 0 aromatic carbocycles. The summed E-state index contributed by atoms with van der Waals surface area (Å²) >= 11 is 5.11. The van der Waals surface area contributed by atoms with Crippen LogP contribution >= 0.6 is 27.3 Å². The van der Waals surface area contributed by atoms with Crippen molar-refractivity contribution in [2.45, 2.75) is 19.6 Å². The van der Waals surface area contributed by atoms with Gasteiger partial charge in [-0.05, 0) is 35.8 Å². The van der Waals surface area contributed by atoms with Gasteiger partial charge in [0.1, 0.15) is 16.9 Å². The summed E-state index contributed by atoms with van der Waals surface area (Å²) in [5.41, 5.74) is 1.59. The van der Waals surface area contributed by atoms with Crippen LogP contribution in [-0.4, -0.2) is 27.6 Å². The number of rotatable bonds is 6. The Morgan fingerprint density at radius 3 is 2.73 bits per heavy atom. The molecule has 0 atom stereocenters. The van der Waals surface area contributed by atoms with Gasteiger partial charge in [-0.3, -0.25) is 9.38 Å². The lowest BCUT2D eigenvalue weighted by Crippen LogP contribution is -2.35. The monoisotopic (exact) mass is 381 g/mol. The molecule has 0 spiro atoms. The van der Waals surface area contributed by atoms with Gasteiger partial charge in [-0.15, -0.1) is 11.3 Å². The lowest BCUT2D eigenvalue weighted by Gasteiger charge is -2.31. The SMILES string of the molecule is CCOC(OCC)(c1cccnc1)c1ncn2cc(Br)sc12. The second kappa shape index (κ2) is 6.45. The molecule has 0 fully saturated rings. The number of nitrogens with zero attached hydrogens (tertiary/aromatic N) is 3. The van der Waals surface area contributed by atoms with Crippen molar-refractivity contribution in [2.24, 2.45) is 0 Å². The summed E-state index contributed by atoms with van der Waals surface area (Å²) in [4.78, 5) is 9.75. The van der Waals surface area contributed by atoms with Crippen molar-refractivity contribution in [1.29, 1.82) is 0 Å². The first-order valence-corrected chi connectivity index (χ1v) is 8.63. The summed E-state index contributed by atoms with van der Waals surface area (Å²) in [6.45, 7) is 4.89. The predicted molar refractivity (Wildman–Crippen MR) is 89.0 cm³/mol. The zero-order valence-electron chi connectivity index (χ0n) is 12.3. The Hall–Kier alpha value is -1.28. The van der Waals surface area contributed by atoms with E-state index in [-0.39, 0.29) is 0 Å². The molecule has 0 bridgehead atoms. The second-order valence-corrected chi connectivity index (χ2v) is 6.98. The molecule has 3 aromatic heterocycles. The number of thiazole rings is 1. The molecule has 22 heavy (non-hydrogen) atoms. The van der Waals surface area contributed by atoms with E-state index in [4.69, 9.17) is 9.47 Å². The van der Waals surface area contributed by atoms with Crippen LogP contribution in [0.2, 0.25) is 0 Å². The van der Waals surface area contributed by atoms with Crippen molar-refractivity contribution >= 4 is 32.1 Å². The fraction of sp³-hybridized carbons (Fsp3) is 0.333. The zero-order valence-corrected chi connectivity index (χ0v) is 14.7.